The van der Waals surface area contributed by atoms with E-state index in [1.54, 1.807) is 21.3 Å². The van der Waals surface area contributed by atoms with Gasteiger partial charge in [-0.1, -0.05) is 6.07 Å². The minimum Gasteiger partial charge on any atom is -0.496 e. The summed E-state index contributed by atoms with van der Waals surface area (Å²) in [7, 11) is 5.09. The molecular weight excluding hydrogens is 322 g/mol. The van der Waals surface area contributed by atoms with Crippen molar-refractivity contribution in [2.24, 2.45) is 4.99 Å². The van der Waals surface area contributed by atoms with Gasteiger partial charge in [0, 0.05) is 26.7 Å². The van der Waals surface area contributed by atoms with Crippen molar-refractivity contribution in [1.82, 2.24) is 10.6 Å². The van der Waals surface area contributed by atoms with Crippen LogP contribution in [0.2, 0.25) is 0 Å². The van der Waals surface area contributed by atoms with Crippen molar-refractivity contribution in [2.45, 2.75) is 19.5 Å². The van der Waals surface area contributed by atoms with E-state index in [-0.39, 0.29) is 6.04 Å². The van der Waals surface area contributed by atoms with Crippen molar-refractivity contribution >= 4 is 21.9 Å². The maximum Gasteiger partial charge on any atom is 0.191 e. The first-order valence-corrected chi connectivity index (χ1v) is 7.18. The minimum absolute atomic E-state index is 0.203. The quantitative estimate of drug-likeness (QED) is 0.613. The van der Waals surface area contributed by atoms with Crippen molar-refractivity contribution in [3.8, 4) is 5.75 Å². The standard InChI is InChI=1S/C14H22BrN3O2/c1-10(9-19-3)18-14(16-2)17-8-11-5-6-13(20-4)12(15)7-11/h5-7,10H,8-9H2,1-4H3,(H2,16,17,18). The summed E-state index contributed by atoms with van der Waals surface area (Å²) in [6.45, 7) is 3.36. The Labute approximate surface area is 128 Å². The minimum atomic E-state index is 0.203. The Balaban J connectivity index is 2.54. The molecule has 112 valence electrons. The maximum atomic E-state index is 5.21. The van der Waals surface area contributed by atoms with E-state index in [0.717, 1.165) is 21.7 Å². The zero-order chi connectivity index (χ0) is 15.0. The lowest BCUT2D eigenvalue weighted by molar-refractivity contribution is 0.179. The molecule has 0 fully saturated rings. The smallest absolute Gasteiger partial charge is 0.191 e. The molecule has 0 aliphatic heterocycles. The van der Waals surface area contributed by atoms with Gasteiger partial charge in [0.15, 0.2) is 5.96 Å². The molecule has 5 nitrogen and oxygen atoms in total. The van der Waals surface area contributed by atoms with E-state index in [1.807, 2.05) is 25.1 Å². The number of benzene rings is 1. The highest BCUT2D eigenvalue weighted by molar-refractivity contribution is 9.10. The first kappa shape index (κ1) is 16.8. The molecule has 0 aliphatic rings. The van der Waals surface area contributed by atoms with Crippen LogP contribution in [0.25, 0.3) is 0 Å². The van der Waals surface area contributed by atoms with Crippen molar-refractivity contribution in [3.63, 3.8) is 0 Å². The molecule has 1 rings (SSSR count). The van der Waals surface area contributed by atoms with E-state index in [2.05, 4.69) is 31.6 Å². The molecule has 1 aromatic rings. The maximum absolute atomic E-state index is 5.21. The molecule has 1 unspecified atom stereocenters. The fourth-order valence-electron chi connectivity index (χ4n) is 1.73. The second-order valence-electron chi connectivity index (χ2n) is 4.40. The topological polar surface area (TPSA) is 54.9 Å². The molecule has 0 saturated carbocycles. The van der Waals surface area contributed by atoms with Gasteiger partial charge in [-0.3, -0.25) is 4.99 Å². The molecule has 0 radical (unpaired) electrons. The number of rotatable bonds is 6. The number of aliphatic imine (C=N–C) groups is 1. The van der Waals surface area contributed by atoms with Crippen LogP contribution < -0.4 is 15.4 Å². The molecule has 1 aromatic carbocycles. The summed E-state index contributed by atoms with van der Waals surface area (Å²) in [6.07, 6.45) is 0. The number of methoxy groups -OCH3 is 2. The number of hydrogen-bond donors (Lipinski definition) is 2. The second kappa shape index (κ2) is 8.81. The second-order valence-corrected chi connectivity index (χ2v) is 5.25. The van der Waals surface area contributed by atoms with Gasteiger partial charge in [0.2, 0.25) is 0 Å². The first-order chi connectivity index (χ1) is 9.60. The fraction of sp³-hybridized carbons (Fsp3) is 0.500. The van der Waals surface area contributed by atoms with Crippen molar-refractivity contribution in [3.05, 3.63) is 28.2 Å². The molecule has 0 bridgehead atoms. The van der Waals surface area contributed by atoms with Gasteiger partial charge in [-0.25, -0.2) is 0 Å². The highest BCUT2D eigenvalue weighted by Crippen LogP contribution is 2.25. The molecule has 0 spiro atoms. The summed E-state index contributed by atoms with van der Waals surface area (Å²) < 4.78 is 11.2. The third-order valence-electron chi connectivity index (χ3n) is 2.70. The van der Waals surface area contributed by atoms with Gasteiger partial charge in [-0.05, 0) is 40.5 Å². The predicted molar refractivity (Wildman–Crippen MR) is 85.4 cm³/mol. The van der Waals surface area contributed by atoms with Gasteiger partial charge in [0.1, 0.15) is 5.75 Å². The third-order valence-corrected chi connectivity index (χ3v) is 3.32. The molecule has 6 heteroatoms. The molecule has 20 heavy (non-hydrogen) atoms. The summed E-state index contributed by atoms with van der Waals surface area (Å²) in [5, 5.41) is 6.51. The zero-order valence-electron chi connectivity index (χ0n) is 12.4. The van der Waals surface area contributed by atoms with E-state index in [9.17, 15) is 0 Å². The van der Waals surface area contributed by atoms with Gasteiger partial charge in [-0.15, -0.1) is 0 Å². The Morgan fingerprint density at radius 1 is 1.40 bits per heavy atom. The van der Waals surface area contributed by atoms with Crippen molar-refractivity contribution in [1.29, 1.82) is 0 Å². The number of ether oxygens (including phenoxy) is 2. The van der Waals surface area contributed by atoms with Crippen LogP contribution in [-0.4, -0.2) is 39.9 Å². The summed E-state index contributed by atoms with van der Waals surface area (Å²) >= 11 is 3.48. The largest absolute Gasteiger partial charge is 0.496 e. The van der Waals surface area contributed by atoms with Crippen LogP contribution in [0.4, 0.5) is 0 Å². The molecule has 0 aliphatic carbocycles. The SMILES string of the molecule is CN=C(NCc1ccc(OC)c(Br)c1)NC(C)COC. The predicted octanol–water partition coefficient (Wildman–Crippen LogP) is 2.16. The van der Waals surface area contributed by atoms with Crippen LogP contribution in [0, 0.1) is 0 Å². The van der Waals surface area contributed by atoms with Crippen LogP contribution in [0.1, 0.15) is 12.5 Å². The molecule has 0 amide bonds. The number of halogens is 1. The molecule has 0 saturated heterocycles. The Morgan fingerprint density at radius 2 is 2.15 bits per heavy atom. The summed E-state index contributed by atoms with van der Waals surface area (Å²) in [5.41, 5.74) is 1.14. The molecule has 0 heterocycles. The Hall–Kier alpha value is -1.27. The lowest BCUT2D eigenvalue weighted by Gasteiger charge is -2.17. The monoisotopic (exact) mass is 343 g/mol. The molecule has 1 atom stereocenters. The molecule has 2 N–H and O–H groups in total. The summed E-state index contributed by atoms with van der Waals surface area (Å²) in [4.78, 5) is 4.18. The van der Waals surface area contributed by atoms with Gasteiger partial charge >= 0.3 is 0 Å². The summed E-state index contributed by atoms with van der Waals surface area (Å²) in [5.74, 6) is 1.58. The van der Waals surface area contributed by atoms with E-state index in [4.69, 9.17) is 9.47 Å². The van der Waals surface area contributed by atoms with Gasteiger partial charge in [-0.2, -0.15) is 0 Å². The normalized spacial score (nSPS) is 12.9. The van der Waals surface area contributed by atoms with E-state index >= 15 is 0 Å². The number of nitrogens with zero attached hydrogens (tertiary/aromatic N) is 1. The molecular formula is C14H22BrN3O2. The van der Waals surface area contributed by atoms with Crippen molar-refractivity contribution in [2.75, 3.05) is 27.9 Å². The lowest BCUT2D eigenvalue weighted by atomic mass is 10.2. The number of guanidine groups is 1. The Bertz CT molecular complexity index is 452. The highest BCUT2D eigenvalue weighted by atomic mass is 79.9. The van der Waals surface area contributed by atoms with Crippen LogP contribution in [-0.2, 0) is 11.3 Å². The van der Waals surface area contributed by atoms with Gasteiger partial charge < -0.3 is 20.1 Å². The zero-order valence-corrected chi connectivity index (χ0v) is 14.0. The van der Waals surface area contributed by atoms with E-state index < -0.39 is 0 Å². The van der Waals surface area contributed by atoms with E-state index in [0.29, 0.717) is 13.2 Å². The van der Waals surface area contributed by atoms with Crippen LogP contribution in [0.5, 0.6) is 5.75 Å². The number of nitrogens with one attached hydrogen (secondary N) is 2. The Morgan fingerprint density at radius 3 is 2.70 bits per heavy atom. The van der Waals surface area contributed by atoms with Crippen molar-refractivity contribution < 1.29 is 9.47 Å². The van der Waals surface area contributed by atoms with Gasteiger partial charge in [0.25, 0.3) is 0 Å². The highest BCUT2D eigenvalue weighted by Gasteiger charge is 2.05. The van der Waals surface area contributed by atoms with E-state index in [1.165, 1.54) is 0 Å². The van der Waals surface area contributed by atoms with Crippen LogP contribution in [0.15, 0.2) is 27.7 Å². The molecule has 0 aromatic heterocycles. The first-order valence-electron chi connectivity index (χ1n) is 6.39. The number of hydrogen-bond acceptors (Lipinski definition) is 3. The van der Waals surface area contributed by atoms with Crippen LogP contribution >= 0.6 is 15.9 Å². The third kappa shape index (κ3) is 5.38. The Kier molecular flexibility index (Phi) is 7.40. The summed E-state index contributed by atoms with van der Waals surface area (Å²) in [6, 6.07) is 6.18. The average molecular weight is 344 g/mol. The fourth-order valence-corrected chi connectivity index (χ4v) is 2.31. The van der Waals surface area contributed by atoms with Gasteiger partial charge in [0.05, 0.1) is 18.2 Å². The lowest BCUT2D eigenvalue weighted by Crippen LogP contribution is -2.43. The van der Waals surface area contributed by atoms with Crippen LogP contribution in [0.3, 0.4) is 0 Å². The average Bonchev–Trinajstić information content (AvgIpc) is 2.43.